The van der Waals surface area contributed by atoms with Crippen molar-refractivity contribution in [1.29, 1.82) is 5.26 Å². The predicted molar refractivity (Wildman–Crippen MR) is 399 cm³/mol. The summed E-state index contributed by atoms with van der Waals surface area (Å²) < 4.78 is 0. The van der Waals surface area contributed by atoms with E-state index in [4.69, 9.17) is 4.98 Å². The summed E-state index contributed by atoms with van der Waals surface area (Å²) >= 11 is 0. The molecule has 3 aliphatic heterocycles. The summed E-state index contributed by atoms with van der Waals surface area (Å²) in [5.41, 5.74) is 22.2. The minimum atomic E-state index is -0.798. The van der Waals surface area contributed by atoms with Crippen molar-refractivity contribution in [3.05, 3.63) is 455 Å². The van der Waals surface area contributed by atoms with Crippen LogP contribution in [-0.4, -0.2) is 4.98 Å². The number of anilines is 9. The van der Waals surface area contributed by atoms with Crippen LogP contribution >= 0.6 is 0 Å². The van der Waals surface area contributed by atoms with Crippen LogP contribution in [-0.2, 0) is 16.2 Å². The first-order valence-electron chi connectivity index (χ1n) is 33.6. The van der Waals surface area contributed by atoms with Crippen molar-refractivity contribution < 1.29 is 0 Å². The predicted octanol–water partition coefficient (Wildman–Crippen LogP) is 22.8. The highest BCUT2D eigenvalue weighted by Gasteiger charge is 2.52. The average molecular weight is 1250 g/mol. The molecule has 0 saturated heterocycles. The van der Waals surface area contributed by atoms with Gasteiger partial charge in [0.1, 0.15) is 5.82 Å². The van der Waals surface area contributed by atoms with Crippen LogP contribution in [0.25, 0.3) is 22.3 Å². The molecule has 460 valence electrons. The monoisotopic (exact) mass is 1250 g/mol. The third kappa shape index (κ3) is 8.48. The maximum atomic E-state index is 10.8. The highest BCUT2D eigenvalue weighted by molar-refractivity contribution is 6.11. The Labute approximate surface area is 572 Å². The van der Waals surface area contributed by atoms with Crippen molar-refractivity contribution >= 4 is 51.4 Å². The Balaban J connectivity index is 1.06. The zero-order valence-corrected chi connectivity index (χ0v) is 53.6. The zero-order chi connectivity index (χ0) is 65.2. The van der Waals surface area contributed by atoms with Gasteiger partial charge in [0.25, 0.3) is 0 Å². The third-order valence-corrected chi connectivity index (χ3v) is 20.7. The van der Waals surface area contributed by atoms with E-state index in [0.29, 0.717) is 11.4 Å². The Morgan fingerprint density at radius 2 is 0.459 bits per heavy atom. The Kier molecular flexibility index (Phi) is 13.9. The minimum Gasteiger partial charge on any atom is -0.306 e. The van der Waals surface area contributed by atoms with Gasteiger partial charge in [-0.25, -0.2) is 4.98 Å². The van der Waals surface area contributed by atoms with E-state index in [1.54, 1.807) is 0 Å². The van der Waals surface area contributed by atoms with Crippen LogP contribution in [0, 0.1) is 11.3 Å². The van der Waals surface area contributed by atoms with Gasteiger partial charge in [0.15, 0.2) is 5.82 Å². The summed E-state index contributed by atoms with van der Waals surface area (Å²) in [7, 11) is 0. The second-order valence-electron chi connectivity index (χ2n) is 25.5. The van der Waals surface area contributed by atoms with Gasteiger partial charge in [0, 0.05) is 11.1 Å². The van der Waals surface area contributed by atoms with E-state index >= 15 is 0 Å². The van der Waals surface area contributed by atoms with E-state index in [-0.39, 0.29) is 0 Å². The number of fused-ring (bicyclic) bond motifs is 6. The molecule has 4 heterocycles. The van der Waals surface area contributed by atoms with Crippen LogP contribution in [0.5, 0.6) is 0 Å². The van der Waals surface area contributed by atoms with E-state index in [9.17, 15) is 5.26 Å². The van der Waals surface area contributed by atoms with Crippen molar-refractivity contribution in [2.75, 3.05) is 14.7 Å². The Morgan fingerprint density at radius 3 is 0.745 bits per heavy atom. The van der Waals surface area contributed by atoms with Gasteiger partial charge in [-0.3, -0.25) is 9.80 Å². The van der Waals surface area contributed by atoms with Crippen LogP contribution in [0.4, 0.5) is 51.4 Å². The third-order valence-electron chi connectivity index (χ3n) is 20.7. The first-order valence-corrected chi connectivity index (χ1v) is 33.6. The lowest BCUT2D eigenvalue weighted by Crippen LogP contribution is -2.40. The fraction of sp³-hybridized carbons (Fsp3) is 0.0323. The van der Waals surface area contributed by atoms with Gasteiger partial charge in [0.2, 0.25) is 0 Å². The first-order chi connectivity index (χ1) is 48.6. The second-order valence-corrected chi connectivity index (χ2v) is 25.5. The minimum absolute atomic E-state index is 0.560. The molecule has 1 aromatic heterocycles. The van der Waals surface area contributed by atoms with E-state index in [0.717, 1.165) is 135 Å². The summed E-state index contributed by atoms with van der Waals surface area (Å²) in [5.74, 6) is 1.42. The normalized spacial score (nSPS) is 14.1. The maximum Gasteiger partial charge on any atom is 0.165 e. The Morgan fingerprint density at radius 1 is 0.224 bits per heavy atom. The van der Waals surface area contributed by atoms with Gasteiger partial charge in [-0.1, -0.05) is 334 Å². The van der Waals surface area contributed by atoms with E-state index in [1.165, 1.54) is 0 Å². The van der Waals surface area contributed by atoms with Gasteiger partial charge >= 0.3 is 0 Å². The molecule has 0 saturated carbocycles. The molecule has 14 aromatic carbocycles. The van der Waals surface area contributed by atoms with E-state index in [1.807, 2.05) is 12.1 Å². The summed E-state index contributed by atoms with van der Waals surface area (Å²) in [6.45, 7) is 0. The van der Waals surface area contributed by atoms with E-state index in [2.05, 4.69) is 391 Å². The molecule has 0 spiro atoms. The number of benzene rings is 14. The van der Waals surface area contributed by atoms with Crippen molar-refractivity contribution in [1.82, 2.24) is 4.98 Å². The van der Waals surface area contributed by atoms with Gasteiger partial charge in [-0.15, -0.1) is 0 Å². The summed E-state index contributed by atoms with van der Waals surface area (Å²) in [6, 6.07) is 142. The number of nitriles is 1. The van der Waals surface area contributed by atoms with Gasteiger partial charge in [-0.05, 0) is 126 Å². The first kappa shape index (κ1) is 57.8. The van der Waals surface area contributed by atoms with Crippen molar-refractivity contribution in [3.8, 4) is 28.3 Å². The molecule has 0 amide bonds. The maximum absolute atomic E-state index is 10.8. The number of aromatic nitrogens is 1. The molecular weight excluding hydrogens is 1190 g/mol. The molecule has 15 aromatic rings. The molecular formula is C93H63N5. The molecule has 0 bridgehead atoms. The fourth-order valence-corrected chi connectivity index (χ4v) is 16.9. The number of hydrogen-bond acceptors (Lipinski definition) is 5. The Bertz CT molecular complexity index is 5260. The highest BCUT2D eigenvalue weighted by atomic mass is 15.3. The number of para-hydroxylation sites is 6. The fourth-order valence-electron chi connectivity index (χ4n) is 16.9. The molecule has 0 aliphatic carbocycles. The molecule has 0 radical (unpaired) electrons. The summed E-state index contributed by atoms with van der Waals surface area (Å²) in [4.78, 5) is 14.2. The second kappa shape index (κ2) is 23.5. The quantitative estimate of drug-likeness (QED) is 0.129. The van der Waals surface area contributed by atoms with Crippen molar-refractivity contribution in [2.24, 2.45) is 0 Å². The molecule has 0 N–H and O–H groups in total. The lowest BCUT2D eigenvalue weighted by atomic mass is 9.62. The van der Waals surface area contributed by atoms with Gasteiger partial charge < -0.3 is 4.90 Å². The van der Waals surface area contributed by atoms with Crippen LogP contribution in [0.2, 0.25) is 0 Å². The average Bonchev–Trinajstić information content (AvgIpc) is 0.692. The molecule has 5 nitrogen and oxygen atoms in total. The number of nitrogens with zero attached hydrogens (tertiary/aromatic N) is 5. The lowest BCUT2D eigenvalue weighted by Gasteiger charge is -2.49. The summed E-state index contributed by atoms with van der Waals surface area (Å²) in [5, 5.41) is 10.8. The van der Waals surface area contributed by atoms with Crippen LogP contribution in [0.1, 0.15) is 72.3 Å². The molecule has 0 fully saturated rings. The SMILES string of the molecule is N#Cc1ccc(-c2c(-c3ccccc3)c(N3c4ccccc4C(c4ccccc4)(c4ccccc4)c4ccccc43)nc(N3c4ccccc4C(c4ccccc4)(c4ccccc4)c4ccccc43)c2N2c3ccccc3C(c3ccccc3)(c3ccccc3)c3ccccc32)cc1. The molecule has 0 atom stereocenters. The standard InChI is InChI=1S/C93H63N5/c94-64-65-60-62-67(63-61-65)86-87(66-34-8-1-9-35-66)89(97-82-56-30-24-50-76(82)92(70-40-14-4-15-41-70,71-42-16-5-17-43-71)77-51-25-31-57-83(77)97)95-90(98-84-58-32-26-52-78(84)93(72-44-18-6-19-45-72,73-46-20-7-21-47-73)79-53-27-33-59-85(79)98)88(86)96-80-54-28-22-48-74(80)91(68-36-10-2-11-37-68,69-38-12-3-13-39-69)75-49-23-29-55-81(75)96/h1-63H. The zero-order valence-electron chi connectivity index (χ0n) is 53.6. The molecule has 3 aliphatic rings. The summed E-state index contributed by atoms with van der Waals surface area (Å²) in [6.07, 6.45) is 0. The number of pyridine rings is 1. The highest BCUT2D eigenvalue weighted by Crippen LogP contribution is 2.67. The number of rotatable bonds is 11. The lowest BCUT2D eigenvalue weighted by molar-refractivity contribution is 0.726. The molecule has 18 rings (SSSR count). The number of hydrogen-bond donors (Lipinski definition) is 0. The van der Waals surface area contributed by atoms with Gasteiger partial charge in [0.05, 0.1) is 67.7 Å². The van der Waals surface area contributed by atoms with Gasteiger partial charge in [-0.2, -0.15) is 5.26 Å². The van der Waals surface area contributed by atoms with Crippen LogP contribution < -0.4 is 14.7 Å². The largest absolute Gasteiger partial charge is 0.306 e. The molecule has 98 heavy (non-hydrogen) atoms. The smallest absolute Gasteiger partial charge is 0.165 e. The van der Waals surface area contributed by atoms with Crippen molar-refractivity contribution in [3.63, 3.8) is 0 Å². The topological polar surface area (TPSA) is 46.4 Å². The van der Waals surface area contributed by atoms with E-state index < -0.39 is 16.2 Å². The Hall–Kier alpha value is -12.9. The van der Waals surface area contributed by atoms with Crippen LogP contribution in [0.3, 0.4) is 0 Å². The van der Waals surface area contributed by atoms with Crippen molar-refractivity contribution in [2.45, 2.75) is 16.2 Å². The van der Waals surface area contributed by atoms with Crippen LogP contribution in [0.15, 0.2) is 382 Å². The molecule has 5 heteroatoms. The molecule has 0 unspecified atom stereocenters.